The minimum atomic E-state index is -0.559. The third-order valence-corrected chi connectivity index (χ3v) is 3.08. The van der Waals surface area contributed by atoms with Gasteiger partial charge in [-0.15, -0.1) is 0 Å². The fourth-order valence-corrected chi connectivity index (χ4v) is 2.08. The Morgan fingerprint density at radius 1 is 1.06 bits per heavy atom. The maximum atomic E-state index is 13.6. The number of halogens is 1. The highest BCUT2D eigenvalue weighted by Crippen LogP contribution is 2.35. The van der Waals surface area contributed by atoms with Crippen molar-refractivity contribution >= 4 is 12.6 Å². The summed E-state index contributed by atoms with van der Waals surface area (Å²) in [6, 6.07) is 10.7. The van der Waals surface area contributed by atoms with Crippen LogP contribution in [0.15, 0.2) is 36.4 Å². The van der Waals surface area contributed by atoms with Crippen molar-refractivity contribution in [1.82, 2.24) is 0 Å². The van der Waals surface area contributed by atoms with Gasteiger partial charge >= 0.3 is 7.12 Å². The number of rotatable bonds is 1. The summed E-state index contributed by atoms with van der Waals surface area (Å²) >= 11 is 0. The van der Waals surface area contributed by atoms with Crippen LogP contribution in [-0.2, 0) is 0 Å². The minimum Gasteiger partial charge on any atom is -0.519 e. The molecule has 90 valence electrons. The molecule has 0 aromatic heterocycles. The molecule has 0 spiro atoms. The minimum absolute atomic E-state index is 0.198. The van der Waals surface area contributed by atoms with Crippen molar-refractivity contribution in [3.05, 3.63) is 53.3 Å². The molecule has 0 N–H and O–H groups in total. The summed E-state index contributed by atoms with van der Waals surface area (Å²) in [7, 11) is -0.559. The topological polar surface area (TPSA) is 18.5 Å². The van der Waals surface area contributed by atoms with Crippen LogP contribution in [0.3, 0.4) is 0 Å². The second-order valence-electron chi connectivity index (χ2n) is 4.49. The highest BCUT2D eigenvalue weighted by atomic mass is 19.1. The normalized spacial score (nSPS) is 12.9. The first-order valence-electron chi connectivity index (χ1n) is 5.84. The van der Waals surface area contributed by atoms with Crippen LogP contribution < -0.4 is 14.8 Å². The van der Waals surface area contributed by atoms with Crippen LogP contribution in [0.4, 0.5) is 4.39 Å². The lowest BCUT2D eigenvalue weighted by atomic mass is 9.76. The van der Waals surface area contributed by atoms with E-state index in [1.165, 1.54) is 6.07 Å². The Morgan fingerprint density at radius 2 is 1.89 bits per heavy atom. The zero-order chi connectivity index (χ0) is 12.7. The molecule has 0 amide bonds. The molecule has 18 heavy (non-hydrogen) atoms. The van der Waals surface area contributed by atoms with Gasteiger partial charge < -0.3 is 9.31 Å². The molecular weight excluding hydrogens is 230 g/mol. The van der Waals surface area contributed by atoms with Crippen LogP contribution in [0.2, 0.25) is 0 Å². The van der Waals surface area contributed by atoms with Crippen LogP contribution in [0.1, 0.15) is 11.1 Å². The van der Waals surface area contributed by atoms with E-state index in [2.05, 4.69) is 0 Å². The van der Waals surface area contributed by atoms with E-state index in [0.717, 1.165) is 16.6 Å². The molecule has 0 saturated heterocycles. The van der Waals surface area contributed by atoms with E-state index in [9.17, 15) is 4.39 Å². The van der Waals surface area contributed by atoms with Gasteiger partial charge in [-0.25, -0.2) is 4.39 Å². The Kier molecular flexibility index (Phi) is 2.51. The monoisotopic (exact) mass is 242 g/mol. The molecule has 2 nitrogen and oxygen atoms in total. The summed E-state index contributed by atoms with van der Waals surface area (Å²) in [5.41, 5.74) is 3.13. The molecule has 0 unspecified atom stereocenters. The summed E-state index contributed by atoms with van der Waals surface area (Å²) in [5, 5.41) is 0. The average molecular weight is 242 g/mol. The lowest BCUT2D eigenvalue weighted by Crippen LogP contribution is -2.40. The molecule has 0 atom stereocenters. The molecule has 2 aromatic rings. The van der Waals surface area contributed by atoms with Gasteiger partial charge in [0.25, 0.3) is 0 Å². The summed E-state index contributed by atoms with van der Waals surface area (Å²) < 4.78 is 24.8. The fraction of sp³-hybridized carbons (Fsp3) is 0.143. The molecular formula is C14H12BFO2. The highest BCUT2D eigenvalue weighted by molar-refractivity contribution is 6.64. The van der Waals surface area contributed by atoms with Crippen LogP contribution >= 0.6 is 0 Å². The third kappa shape index (κ3) is 1.74. The van der Waals surface area contributed by atoms with Crippen LogP contribution in [0.25, 0.3) is 0 Å². The Bertz CT molecular complexity index is 613. The van der Waals surface area contributed by atoms with Crippen molar-refractivity contribution < 1.29 is 13.7 Å². The van der Waals surface area contributed by atoms with Gasteiger partial charge in [-0.05, 0) is 31.5 Å². The van der Waals surface area contributed by atoms with Crippen LogP contribution in [-0.4, -0.2) is 7.12 Å². The standard InChI is InChI=1S/C14H12BFO2/c1-9-6-7-10(2)11(8-9)15-17-13-5-3-4-12(16)14(13)18-15/h3-8H,1-2H3. The van der Waals surface area contributed by atoms with E-state index in [4.69, 9.17) is 9.31 Å². The molecule has 1 aliphatic rings. The van der Waals surface area contributed by atoms with Gasteiger partial charge in [0.05, 0.1) is 0 Å². The van der Waals surface area contributed by atoms with Gasteiger partial charge in [0, 0.05) is 5.46 Å². The number of benzene rings is 2. The van der Waals surface area contributed by atoms with Gasteiger partial charge in [0.1, 0.15) is 5.75 Å². The van der Waals surface area contributed by atoms with Gasteiger partial charge in [-0.3, -0.25) is 0 Å². The molecule has 4 heteroatoms. The van der Waals surface area contributed by atoms with Gasteiger partial charge in [-0.2, -0.15) is 0 Å². The molecule has 0 aliphatic carbocycles. The zero-order valence-electron chi connectivity index (χ0n) is 10.2. The average Bonchev–Trinajstić information content (AvgIpc) is 2.77. The number of hydrogen-bond acceptors (Lipinski definition) is 2. The maximum Gasteiger partial charge on any atom is 0.633 e. The van der Waals surface area contributed by atoms with E-state index in [1.54, 1.807) is 12.1 Å². The second-order valence-corrected chi connectivity index (χ2v) is 4.49. The quantitative estimate of drug-likeness (QED) is 0.715. The van der Waals surface area contributed by atoms with E-state index >= 15 is 0 Å². The first-order valence-corrected chi connectivity index (χ1v) is 5.84. The van der Waals surface area contributed by atoms with Crippen LogP contribution in [0, 0.1) is 19.7 Å². The van der Waals surface area contributed by atoms with Crippen molar-refractivity contribution in [2.24, 2.45) is 0 Å². The zero-order valence-corrected chi connectivity index (χ0v) is 10.2. The maximum absolute atomic E-state index is 13.6. The van der Waals surface area contributed by atoms with Crippen molar-refractivity contribution in [3.8, 4) is 11.5 Å². The molecule has 0 fully saturated rings. The smallest absolute Gasteiger partial charge is 0.519 e. The van der Waals surface area contributed by atoms with E-state index in [1.807, 2.05) is 32.0 Å². The molecule has 1 heterocycles. The Morgan fingerprint density at radius 3 is 2.67 bits per heavy atom. The Labute approximate surface area is 105 Å². The predicted octanol–water partition coefficient (Wildman–Crippen LogP) is 2.61. The van der Waals surface area contributed by atoms with Gasteiger partial charge in [-0.1, -0.05) is 29.8 Å². The molecule has 0 radical (unpaired) electrons. The summed E-state index contributed by atoms with van der Waals surface area (Å²) in [6.45, 7) is 3.99. The fourth-order valence-electron chi connectivity index (χ4n) is 2.08. The van der Waals surface area contributed by atoms with E-state index in [-0.39, 0.29) is 11.6 Å². The van der Waals surface area contributed by atoms with Crippen molar-refractivity contribution in [2.75, 3.05) is 0 Å². The molecule has 2 aromatic carbocycles. The van der Waals surface area contributed by atoms with Gasteiger partial charge in [0.2, 0.25) is 0 Å². The lowest BCUT2D eigenvalue weighted by Gasteiger charge is -2.09. The number of aryl methyl sites for hydroxylation is 2. The second kappa shape index (κ2) is 4.05. The van der Waals surface area contributed by atoms with E-state index < -0.39 is 7.12 Å². The molecule has 0 bridgehead atoms. The van der Waals surface area contributed by atoms with Crippen molar-refractivity contribution in [2.45, 2.75) is 13.8 Å². The summed E-state index contributed by atoms with van der Waals surface area (Å²) in [4.78, 5) is 0. The van der Waals surface area contributed by atoms with Crippen molar-refractivity contribution in [1.29, 1.82) is 0 Å². The lowest BCUT2D eigenvalue weighted by molar-refractivity contribution is 0.496. The first kappa shape index (κ1) is 11.1. The van der Waals surface area contributed by atoms with Crippen molar-refractivity contribution in [3.63, 3.8) is 0 Å². The van der Waals surface area contributed by atoms with Crippen LogP contribution in [0.5, 0.6) is 11.5 Å². The number of hydrogen-bond donors (Lipinski definition) is 0. The first-order chi connectivity index (χ1) is 8.65. The van der Waals surface area contributed by atoms with Gasteiger partial charge in [0.15, 0.2) is 11.6 Å². The molecule has 0 saturated carbocycles. The highest BCUT2D eigenvalue weighted by Gasteiger charge is 2.36. The Balaban J connectivity index is 1.99. The molecule has 3 rings (SSSR count). The SMILES string of the molecule is Cc1ccc(C)c(B2Oc3cccc(F)c3O2)c1. The summed E-state index contributed by atoms with van der Waals surface area (Å²) in [6.07, 6.45) is 0. The summed E-state index contributed by atoms with van der Waals surface area (Å²) in [5.74, 6) is 0.268. The number of fused-ring (bicyclic) bond motifs is 1. The Hall–Kier alpha value is -1.97. The van der Waals surface area contributed by atoms with E-state index in [0.29, 0.717) is 5.75 Å². The number of para-hydroxylation sites is 1. The predicted molar refractivity (Wildman–Crippen MR) is 69.0 cm³/mol. The largest absolute Gasteiger partial charge is 0.633 e. The third-order valence-electron chi connectivity index (χ3n) is 3.08. The molecule has 1 aliphatic heterocycles.